The molecule has 0 N–H and O–H groups in total. The second-order valence-electron chi connectivity index (χ2n) is 3.68. The summed E-state index contributed by atoms with van der Waals surface area (Å²) < 4.78 is 11.1. The van der Waals surface area contributed by atoms with E-state index in [4.69, 9.17) is 8.53 Å². The van der Waals surface area contributed by atoms with E-state index >= 15 is 0 Å². The van der Waals surface area contributed by atoms with Crippen molar-refractivity contribution in [3.63, 3.8) is 0 Å². The lowest BCUT2D eigenvalue weighted by Gasteiger charge is -2.15. The normalized spacial score (nSPS) is 12.9. The minimum atomic E-state index is -0.918. The maximum Gasteiger partial charge on any atom is 0.455 e. The third-order valence-corrected chi connectivity index (χ3v) is 2.74. The van der Waals surface area contributed by atoms with Crippen molar-refractivity contribution in [3.8, 4) is 0 Å². The van der Waals surface area contributed by atoms with E-state index in [1.165, 1.54) is 25.7 Å². The Labute approximate surface area is 87.3 Å². The molecule has 0 radical (unpaired) electrons. The van der Waals surface area contributed by atoms with E-state index in [2.05, 4.69) is 18.5 Å². The van der Waals surface area contributed by atoms with Crippen LogP contribution >= 0.6 is 0 Å². The molecule has 0 aromatic carbocycles. The number of hydrogen-bond donors (Lipinski definition) is 0. The largest absolute Gasteiger partial charge is 0.478 e. The van der Waals surface area contributed by atoms with Gasteiger partial charge in [-0.15, -0.1) is 0 Å². The van der Waals surface area contributed by atoms with Crippen LogP contribution in [0.15, 0.2) is 0 Å². The molecule has 2 nitrogen and oxygen atoms in total. The van der Waals surface area contributed by atoms with Crippen molar-refractivity contribution >= 4 is 14.5 Å². The first-order chi connectivity index (χ1) is 6.16. The molecule has 0 aliphatic heterocycles. The van der Waals surface area contributed by atoms with Crippen molar-refractivity contribution in [1.82, 2.24) is 0 Å². The van der Waals surface area contributed by atoms with Gasteiger partial charge >= 0.3 is 14.5 Å². The Morgan fingerprint density at radius 2 is 1.85 bits per heavy atom. The van der Waals surface area contributed by atoms with E-state index in [0.717, 1.165) is 6.61 Å². The van der Waals surface area contributed by atoms with Gasteiger partial charge in [0.1, 0.15) is 6.29 Å². The Bertz CT molecular complexity index is 107. The highest BCUT2D eigenvalue weighted by molar-refractivity contribution is 6.48. The summed E-state index contributed by atoms with van der Waals surface area (Å²) in [5, 5.41) is 0. The Balaban J connectivity index is 3.12. The van der Waals surface area contributed by atoms with Crippen LogP contribution in [0.2, 0.25) is 11.6 Å². The first-order valence-corrected chi connectivity index (χ1v) is 8.22. The minimum absolute atomic E-state index is 0.00768. The fourth-order valence-corrected chi connectivity index (χ4v) is 2.05. The molecule has 0 aromatic rings. The van der Waals surface area contributed by atoms with Crippen LogP contribution in [0.4, 0.5) is 0 Å². The van der Waals surface area contributed by atoms with Gasteiger partial charge in [-0.25, -0.2) is 0 Å². The molecule has 13 heavy (non-hydrogen) atoms. The van der Waals surface area contributed by atoms with Gasteiger partial charge in [0.15, 0.2) is 0 Å². The van der Waals surface area contributed by atoms with Gasteiger partial charge < -0.3 is 8.53 Å². The average molecular weight is 202 g/mol. The zero-order chi connectivity index (χ0) is 10.1. The summed E-state index contributed by atoms with van der Waals surface area (Å²) in [5.41, 5.74) is 0. The highest BCUT2D eigenvalue weighted by Gasteiger charge is 2.09. The summed E-state index contributed by atoms with van der Waals surface area (Å²) in [4.78, 5) is 0. The summed E-state index contributed by atoms with van der Waals surface area (Å²) in [6, 6.07) is 0. The highest BCUT2D eigenvalue weighted by atomic mass is 27.2. The van der Waals surface area contributed by atoms with Crippen molar-refractivity contribution in [3.05, 3.63) is 0 Å². The molecule has 0 saturated carbocycles. The molecule has 0 aliphatic carbocycles. The van der Waals surface area contributed by atoms with Gasteiger partial charge in [-0.3, -0.25) is 0 Å². The third kappa shape index (κ3) is 10.4. The van der Waals surface area contributed by atoms with Gasteiger partial charge in [-0.2, -0.15) is 0 Å². The van der Waals surface area contributed by atoms with Crippen LogP contribution in [-0.4, -0.2) is 27.4 Å². The number of ether oxygens (including phenoxy) is 1. The molecule has 0 heterocycles. The molecule has 0 amide bonds. The molecular formula is C10H23AlO2. The van der Waals surface area contributed by atoms with E-state index in [0.29, 0.717) is 0 Å². The van der Waals surface area contributed by atoms with Gasteiger partial charge in [-0.1, -0.05) is 37.8 Å². The minimum Gasteiger partial charge on any atom is -0.478 e. The monoisotopic (exact) mass is 202 g/mol. The molecule has 0 saturated heterocycles. The lowest BCUT2D eigenvalue weighted by molar-refractivity contribution is -0.0694. The van der Waals surface area contributed by atoms with Gasteiger partial charge in [-0.05, 0) is 13.3 Å². The van der Waals surface area contributed by atoms with Crippen LogP contribution in [0.3, 0.4) is 0 Å². The van der Waals surface area contributed by atoms with Gasteiger partial charge in [0, 0.05) is 6.61 Å². The predicted molar refractivity (Wildman–Crippen MR) is 58.1 cm³/mol. The number of unbranched alkanes of at least 4 members (excludes halogenated alkanes) is 3. The van der Waals surface area contributed by atoms with Crippen molar-refractivity contribution < 1.29 is 8.53 Å². The summed E-state index contributed by atoms with van der Waals surface area (Å²) in [7, 11) is 0. The molecule has 0 aliphatic rings. The fraction of sp³-hybridized carbons (Fsp3) is 1.00. The Morgan fingerprint density at radius 3 is 2.38 bits per heavy atom. The van der Waals surface area contributed by atoms with Crippen LogP contribution in [0.5, 0.6) is 0 Å². The van der Waals surface area contributed by atoms with Gasteiger partial charge in [0.25, 0.3) is 0 Å². The molecular weight excluding hydrogens is 179 g/mol. The van der Waals surface area contributed by atoms with Gasteiger partial charge in [0.2, 0.25) is 0 Å². The summed E-state index contributed by atoms with van der Waals surface area (Å²) in [5.74, 6) is 4.33. The molecule has 0 rings (SSSR count). The van der Waals surface area contributed by atoms with Crippen molar-refractivity contribution in [2.24, 2.45) is 0 Å². The van der Waals surface area contributed by atoms with Crippen molar-refractivity contribution in [2.45, 2.75) is 57.4 Å². The van der Waals surface area contributed by atoms with Crippen LogP contribution in [-0.2, 0) is 8.53 Å². The van der Waals surface area contributed by atoms with E-state index in [1.807, 2.05) is 6.92 Å². The van der Waals surface area contributed by atoms with Crippen LogP contribution in [0.1, 0.15) is 39.5 Å². The summed E-state index contributed by atoms with van der Waals surface area (Å²) in [6.45, 7) is 5.06. The Hall–Kier alpha value is 0.452. The van der Waals surface area contributed by atoms with E-state index < -0.39 is 14.5 Å². The topological polar surface area (TPSA) is 18.5 Å². The first kappa shape index (κ1) is 13.5. The fourth-order valence-electron chi connectivity index (χ4n) is 1.20. The summed E-state index contributed by atoms with van der Waals surface area (Å²) >= 11 is -0.918. The average Bonchev–Trinajstić information content (AvgIpc) is 2.02. The quantitative estimate of drug-likeness (QED) is 0.342. The smallest absolute Gasteiger partial charge is 0.455 e. The maximum absolute atomic E-state index is 5.57. The molecule has 0 fully saturated rings. The predicted octanol–water partition coefficient (Wildman–Crippen LogP) is 3.20. The number of hydrogen-bond acceptors (Lipinski definition) is 2. The molecule has 1 unspecified atom stereocenters. The van der Waals surface area contributed by atoms with E-state index in [9.17, 15) is 0 Å². The summed E-state index contributed by atoms with van der Waals surface area (Å²) in [6.07, 6.45) is 5.06. The molecule has 0 spiro atoms. The second kappa shape index (κ2) is 9.03. The molecule has 1 atom stereocenters. The van der Waals surface area contributed by atoms with Crippen LogP contribution in [0.25, 0.3) is 0 Å². The molecule has 3 heteroatoms. The molecule has 0 aromatic heterocycles. The lowest BCUT2D eigenvalue weighted by atomic mass is 10.2. The van der Waals surface area contributed by atoms with Crippen LogP contribution in [0, 0.1) is 0 Å². The van der Waals surface area contributed by atoms with E-state index in [-0.39, 0.29) is 6.29 Å². The Kier molecular flexibility index (Phi) is 9.34. The van der Waals surface area contributed by atoms with Crippen molar-refractivity contribution in [2.75, 3.05) is 6.61 Å². The van der Waals surface area contributed by atoms with Crippen molar-refractivity contribution in [1.29, 1.82) is 0 Å². The van der Waals surface area contributed by atoms with Crippen LogP contribution < -0.4 is 0 Å². The zero-order valence-corrected chi connectivity index (χ0v) is 10.7. The van der Waals surface area contributed by atoms with Gasteiger partial charge in [0.05, 0.1) is 0 Å². The lowest BCUT2D eigenvalue weighted by Crippen LogP contribution is -2.20. The second-order valence-corrected chi connectivity index (χ2v) is 6.05. The highest BCUT2D eigenvalue weighted by Crippen LogP contribution is 2.02. The Morgan fingerprint density at radius 1 is 1.15 bits per heavy atom. The zero-order valence-electron chi connectivity index (χ0n) is 9.51. The van der Waals surface area contributed by atoms with E-state index in [1.54, 1.807) is 0 Å². The SMILES string of the molecule is CCCCCCOC(C)[O][Al]([CH3])[CH3]. The molecule has 78 valence electrons. The molecule has 0 bridgehead atoms. The first-order valence-electron chi connectivity index (χ1n) is 5.43. The third-order valence-electron chi connectivity index (χ3n) is 1.81. The maximum atomic E-state index is 5.57. The number of rotatable bonds is 8. The standard InChI is InChI=1S/C8H17O2.2CH3.Al/c1-3-4-5-6-7-10-8(2)9;;;/h8H,3-7H2,1-2H3;2*1H3;/q-1;;;+1.